The van der Waals surface area contributed by atoms with Crippen molar-refractivity contribution < 1.29 is 9.59 Å². The maximum absolute atomic E-state index is 11.9. The van der Waals surface area contributed by atoms with Crippen LogP contribution in [-0.2, 0) is 9.59 Å². The minimum atomic E-state index is -0.302. The number of hydrogen-bond acceptors (Lipinski definition) is 3. The summed E-state index contributed by atoms with van der Waals surface area (Å²) in [6, 6.07) is 9.46. The second-order valence-electron chi connectivity index (χ2n) is 5.29. The van der Waals surface area contributed by atoms with Crippen LogP contribution in [0.4, 0.5) is 5.69 Å². The number of benzene rings is 1. The van der Waals surface area contributed by atoms with Gasteiger partial charge in [0.2, 0.25) is 11.8 Å². The van der Waals surface area contributed by atoms with Gasteiger partial charge in [0.05, 0.1) is 11.9 Å². The van der Waals surface area contributed by atoms with E-state index in [1.807, 2.05) is 44.2 Å². The molecule has 0 aliphatic carbocycles. The average molecular weight is 312 g/mol. The summed E-state index contributed by atoms with van der Waals surface area (Å²) in [6.07, 6.45) is 3.46. The average Bonchev–Trinajstić information content (AvgIpc) is 3.01. The molecule has 0 unspecified atom stereocenters. The van der Waals surface area contributed by atoms with Crippen LogP contribution in [0.25, 0.3) is 0 Å². The van der Waals surface area contributed by atoms with Gasteiger partial charge in [-0.1, -0.05) is 17.7 Å². The second kappa shape index (κ2) is 7.93. The minimum Gasteiger partial charge on any atom is -0.360 e. The van der Waals surface area contributed by atoms with E-state index in [2.05, 4.69) is 20.8 Å². The van der Waals surface area contributed by atoms with Gasteiger partial charge < -0.3 is 10.3 Å². The Morgan fingerprint density at radius 3 is 2.65 bits per heavy atom. The minimum absolute atomic E-state index is 0.0822. The molecule has 0 fully saturated rings. The summed E-state index contributed by atoms with van der Waals surface area (Å²) < 4.78 is 0. The third kappa shape index (κ3) is 5.43. The number of nitrogens with zero attached hydrogens (tertiary/aromatic N) is 1. The number of amides is 2. The molecule has 2 amide bonds. The highest BCUT2D eigenvalue weighted by molar-refractivity contribution is 5.94. The van der Waals surface area contributed by atoms with Crippen molar-refractivity contribution in [3.05, 3.63) is 53.3 Å². The van der Waals surface area contributed by atoms with Gasteiger partial charge in [-0.3, -0.25) is 9.59 Å². The molecule has 2 rings (SSSR count). The van der Waals surface area contributed by atoms with Crippen molar-refractivity contribution in [1.29, 1.82) is 0 Å². The largest absolute Gasteiger partial charge is 0.360 e. The van der Waals surface area contributed by atoms with Gasteiger partial charge in [0, 0.05) is 24.7 Å². The van der Waals surface area contributed by atoms with Crippen LogP contribution in [0.15, 0.2) is 41.6 Å². The van der Waals surface area contributed by atoms with Gasteiger partial charge in [-0.15, -0.1) is 0 Å². The Kier molecular flexibility index (Phi) is 5.68. The third-order valence-corrected chi connectivity index (χ3v) is 3.25. The number of carbonyl (C=O) groups is 2. The number of carbonyl (C=O) groups excluding carboxylic acids is 2. The maximum atomic E-state index is 11.9. The number of aryl methyl sites for hydroxylation is 2. The number of rotatable bonds is 6. The molecule has 0 aliphatic heterocycles. The summed E-state index contributed by atoms with van der Waals surface area (Å²) in [4.78, 5) is 26.4. The van der Waals surface area contributed by atoms with E-state index in [0.717, 1.165) is 22.5 Å². The Morgan fingerprint density at radius 1 is 1.17 bits per heavy atom. The molecular weight excluding hydrogens is 292 g/mol. The topological polar surface area (TPSA) is 86.3 Å². The zero-order valence-corrected chi connectivity index (χ0v) is 13.2. The van der Waals surface area contributed by atoms with E-state index in [1.54, 1.807) is 6.20 Å². The molecule has 1 heterocycles. The molecule has 3 N–H and O–H groups in total. The van der Waals surface area contributed by atoms with Gasteiger partial charge in [0.15, 0.2) is 0 Å². The van der Waals surface area contributed by atoms with Crippen molar-refractivity contribution in [2.24, 2.45) is 5.10 Å². The number of aromatic amines is 1. The summed E-state index contributed by atoms with van der Waals surface area (Å²) in [5, 5.41) is 6.62. The van der Waals surface area contributed by atoms with Crippen molar-refractivity contribution in [3.63, 3.8) is 0 Å². The molecule has 0 atom stereocenters. The Hall–Kier alpha value is -2.89. The first kappa shape index (κ1) is 16.5. The lowest BCUT2D eigenvalue weighted by Crippen LogP contribution is -2.20. The van der Waals surface area contributed by atoms with Crippen LogP contribution in [-0.4, -0.2) is 23.0 Å². The van der Waals surface area contributed by atoms with Crippen LogP contribution in [0, 0.1) is 13.8 Å². The maximum Gasteiger partial charge on any atom is 0.240 e. The Labute approximate surface area is 135 Å². The monoisotopic (exact) mass is 312 g/mol. The summed E-state index contributed by atoms with van der Waals surface area (Å²) >= 11 is 0. The first-order chi connectivity index (χ1) is 11.0. The fourth-order valence-corrected chi connectivity index (χ4v) is 2.05. The molecule has 120 valence electrons. The molecule has 2 aromatic rings. The van der Waals surface area contributed by atoms with Gasteiger partial charge in [0.1, 0.15) is 0 Å². The van der Waals surface area contributed by atoms with E-state index in [-0.39, 0.29) is 24.7 Å². The molecule has 1 aromatic carbocycles. The third-order valence-electron chi connectivity index (χ3n) is 3.25. The predicted molar refractivity (Wildman–Crippen MR) is 90.3 cm³/mol. The molecule has 23 heavy (non-hydrogen) atoms. The second-order valence-corrected chi connectivity index (χ2v) is 5.29. The lowest BCUT2D eigenvalue weighted by molar-refractivity contribution is -0.124. The molecule has 0 aliphatic rings. The van der Waals surface area contributed by atoms with Crippen LogP contribution in [0.2, 0.25) is 0 Å². The molecular formula is C17H20N4O2. The van der Waals surface area contributed by atoms with Gasteiger partial charge in [0.25, 0.3) is 0 Å². The van der Waals surface area contributed by atoms with Gasteiger partial charge in [-0.25, -0.2) is 5.43 Å². The summed E-state index contributed by atoms with van der Waals surface area (Å²) in [6.45, 7) is 3.93. The van der Waals surface area contributed by atoms with Crippen LogP contribution in [0.1, 0.15) is 29.7 Å². The number of anilines is 1. The molecule has 0 radical (unpaired) electrons. The fraction of sp³-hybridized carbons (Fsp3) is 0.235. The zero-order chi connectivity index (χ0) is 16.7. The Balaban J connectivity index is 1.74. The summed E-state index contributed by atoms with van der Waals surface area (Å²) in [5.74, 6) is -0.496. The number of aromatic nitrogens is 1. The molecule has 6 nitrogen and oxygen atoms in total. The molecule has 0 saturated carbocycles. The van der Waals surface area contributed by atoms with E-state index in [9.17, 15) is 9.59 Å². The highest BCUT2D eigenvalue weighted by Crippen LogP contribution is 2.16. The van der Waals surface area contributed by atoms with Crippen LogP contribution in [0.5, 0.6) is 0 Å². The number of nitrogens with one attached hydrogen (secondary N) is 3. The number of hydrazone groups is 1. The van der Waals surface area contributed by atoms with E-state index in [1.165, 1.54) is 6.21 Å². The number of hydrogen-bond donors (Lipinski definition) is 3. The van der Waals surface area contributed by atoms with E-state index in [4.69, 9.17) is 0 Å². The van der Waals surface area contributed by atoms with Crippen molar-refractivity contribution in [1.82, 2.24) is 10.4 Å². The Morgan fingerprint density at radius 2 is 1.96 bits per heavy atom. The highest BCUT2D eigenvalue weighted by Gasteiger charge is 2.08. The highest BCUT2D eigenvalue weighted by atomic mass is 16.2. The van der Waals surface area contributed by atoms with Crippen LogP contribution >= 0.6 is 0 Å². The molecule has 0 spiro atoms. The standard InChI is InChI=1S/C17H20N4O2/c1-12-5-6-15(13(2)10-12)20-16(22)7-8-17(23)21-19-11-14-4-3-9-18-14/h3-6,9-11,18H,7-8H2,1-2H3,(H,20,22)(H,21,23)/b19-11+. The van der Waals surface area contributed by atoms with Crippen molar-refractivity contribution in [2.45, 2.75) is 26.7 Å². The van der Waals surface area contributed by atoms with E-state index < -0.39 is 0 Å². The first-order valence-corrected chi connectivity index (χ1v) is 7.37. The molecule has 0 saturated heterocycles. The van der Waals surface area contributed by atoms with Crippen molar-refractivity contribution in [2.75, 3.05) is 5.32 Å². The zero-order valence-electron chi connectivity index (χ0n) is 13.2. The smallest absolute Gasteiger partial charge is 0.240 e. The van der Waals surface area contributed by atoms with Crippen molar-refractivity contribution in [3.8, 4) is 0 Å². The van der Waals surface area contributed by atoms with Gasteiger partial charge >= 0.3 is 0 Å². The molecule has 1 aromatic heterocycles. The summed E-state index contributed by atoms with van der Waals surface area (Å²) in [7, 11) is 0. The fourth-order valence-electron chi connectivity index (χ4n) is 2.05. The molecule has 0 bridgehead atoms. The van der Waals surface area contributed by atoms with E-state index in [0.29, 0.717) is 0 Å². The van der Waals surface area contributed by atoms with E-state index >= 15 is 0 Å². The summed E-state index contributed by atoms with van der Waals surface area (Å²) in [5.41, 5.74) is 6.09. The quantitative estimate of drug-likeness (QED) is 0.565. The van der Waals surface area contributed by atoms with Gasteiger partial charge in [-0.05, 0) is 37.6 Å². The van der Waals surface area contributed by atoms with Crippen molar-refractivity contribution >= 4 is 23.7 Å². The number of H-pyrrole nitrogens is 1. The predicted octanol–water partition coefficient (Wildman–Crippen LogP) is 2.50. The first-order valence-electron chi connectivity index (χ1n) is 7.37. The lowest BCUT2D eigenvalue weighted by Gasteiger charge is -2.08. The Bertz CT molecular complexity index is 705. The normalized spacial score (nSPS) is 10.7. The van der Waals surface area contributed by atoms with Gasteiger partial charge in [-0.2, -0.15) is 5.10 Å². The van der Waals surface area contributed by atoms with Crippen LogP contribution < -0.4 is 10.7 Å². The van der Waals surface area contributed by atoms with Crippen LogP contribution in [0.3, 0.4) is 0 Å². The lowest BCUT2D eigenvalue weighted by atomic mass is 10.1. The SMILES string of the molecule is Cc1ccc(NC(=O)CCC(=O)N/N=C/c2ccc[nH]2)c(C)c1. The molecule has 6 heteroatoms.